The van der Waals surface area contributed by atoms with Crippen LogP contribution in [0.5, 0.6) is 17.2 Å². The van der Waals surface area contributed by atoms with Gasteiger partial charge in [-0.2, -0.15) is 0 Å². The number of thiocarbonyl (C=S) groups is 1. The Hall–Kier alpha value is -2.26. The van der Waals surface area contributed by atoms with Crippen molar-refractivity contribution in [3.63, 3.8) is 0 Å². The van der Waals surface area contributed by atoms with Gasteiger partial charge >= 0.3 is 0 Å². The van der Waals surface area contributed by atoms with Gasteiger partial charge in [-0.15, -0.1) is 0 Å². The Morgan fingerprint density at radius 1 is 1.06 bits per heavy atom. The maximum atomic E-state index is 12.5. The molecule has 0 saturated carbocycles. The number of halogens is 1. The van der Waals surface area contributed by atoms with Gasteiger partial charge in [0.25, 0.3) is 5.91 Å². The van der Waals surface area contributed by atoms with Gasteiger partial charge in [0.05, 0.1) is 30.3 Å². The number of carbonyl (C=O) groups excluding carboxylic acids is 1. The average Bonchev–Trinajstić information content (AvgIpc) is 3.08. The van der Waals surface area contributed by atoms with E-state index in [0.29, 0.717) is 58.7 Å². The predicted molar refractivity (Wildman–Crippen MR) is 141 cm³/mol. The smallest absolute Gasteiger partial charge is 0.266 e. The van der Waals surface area contributed by atoms with Crippen molar-refractivity contribution >= 4 is 51.9 Å². The third-order valence-electron chi connectivity index (χ3n) is 5.19. The van der Waals surface area contributed by atoms with Crippen LogP contribution in [-0.4, -0.2) is 55.2 Å². The number of thioether (sulfide) groups is 1. The van der Waals surface area contributed by atoms with Crippen LogP contribution in [0.4, 0.5) is 0 Å². The Morgan fingerprint density at radius 3 is 2.44 bits per heavy atom. The highest BCUT2D eigenvalue weighted by molar-refractivity contribution is 8.26. The van der Waals surface area contributed by atoms with Gasteiger partial charge in [0.1, 0.15) is 23.3 Å². The number of hydrogen-bond donors (Lipinski definition) is 0. The van der Waals surface area contributed by atoms with Crippen LogP contribution in [0.1, 0.15) is 23.6 Å². The van der Waals surface area contributed by atoms with Crippen LogP contribution in [-0.2, 0) is 9.53 Å². The quantitative estimate of drug-likeness (QED) is 0.215. The van der Waals surface area contributed by atoms with Crippen molar-refractivity contribution in [1.29, 1.82) is 0 Å². The predicted octanol–water partition coefficient (Wildman–Crippen LogP) is 5.66. The van der Waals surface area contributed by atoms with E-state index in [4.69, 9.17) is 42.8 Å². The van der Waals surface area contributed by atoms with Crippen molar-refractivity contribution < 1.29 is 23.7 Å². The number of rotatable bonds is 11. The summed E-state index contributed by atoms with van der Waals surface area (Å²) >= 11 is 13.0. The lowest BCUT2D eigenvalue weighted by atomic mass is 10.1. The van der Waals surface area contributed by atoms with Crippen LogP contribution < -0.4 is 14.2 Å². The molecular weight excluding hydrogens is 494 g/mol. The highest BCUT2D eigenvalue weighted by Gasteiger charge is 2.30. The minimum atomic E-state index is -0.105. The molecule has 0 N–H and O–H groups in total. The molecule has 1 amide bonds. The SMILES string of the molecule is CCN1C(=O)C(=Cc2cc(Cl)c(OCCOCCOc3ccc(C)c(C)c3)c(OC)c2)SC1=S. The molecule has 1 saturated heterocycles. The molecule has 6 nitrogen and oxygen atoms in total. The van der Waals surface area contributed by atoms with Crippen molar-refractivity contribution in [2.24, 2.45) is 0 Å². The second kappa shape index (κ2) is 12.4. The van der Waals surface area contributed by atoms with Gasteiger partial charge < -0.3 is 18.9 Å². The van der Waals surface area contributed by atoms with E-state index in [1.54, 1.807) is 30.2 Å². The van der Waals surface area contributed by atoms with Crippen molar-refractivity contribution in [2.75, 3.05) is 40.1 Å². The molecule has 1 aliphatic rings. The summed E-state index contributed by atoms with van der Waals surface area (Å²) in [4.78, 5) is 14.6. The van der Waals surface area contributed by atoms with Gasteiger partial charge in [-0.1, -0.05) is 41.6 Å². The van der Waals surface area contributed by atoms with Crippen LogP contribution in [0.15, 0.2) is 35.2 Å². The Balaban J connectivity index is 1.50. The molecule has 0 atom stereocenters. The first-order valence-corrected chi connectivity index (χ1v) is 12.5. The Morgan fingerprint density at radius 2 is 1.79 bits per heavy atom. The van der Waals surface area contributed by atoms with E-state index in [1.165, 1.54) is 22.9 Å². The lowest BCUT2D eigenvalue weighted by Gasteiger charge is -2.14. The van der Waals surface area contributed by atoms with Gasteiger partial charge in [-0.05, 0) is 67.8 Å². The van der Waals surface area contributed by atoms with Gasteiger partial charge in [-0.3, -0.25) is 9.69 Å². The molecule has 2 aromatic rings. The summed E-state index contributed by atoms with van der Waals surface area (Å²) in [7, 11) is 1.54. The fourth-order valence-corrected chi connectivity index (χ4v) is 4.87. The largest absolute Gasteiger partial charge is 0.493 e. The molecule has 9 heteroatoms. The molecule has 2 aromatic carbocycles. The maximum absolute atomic E-state index is 12.5. The lowest BCUT2D eigenvalue weighted by Crippen LogP contribution is -2.27. The average molecular weight is 522 g/mol. The van der Waals surface area contributed by atoms with Crippen molar-refractivity contribution in [2.45, 2.75) is 20.8 Å². The van der Waals surface area contributed by atoms with Crippen molar-refractivity contribution in [3.8, 4) is 17.2 Å². The zero-order chi connectivity index (χ0) is 24.7. The molecule has 0 bridgehead atoms. The Labute approximate surface area is 215 Å². The van der Waals surface area contributed by atoms with Crippen molar-refractivity contribution in [1.82, 2.24) is 4.90 Å². The molecular formula is C25H28ClNO5S2. The van der Waals surface area contributed by atoms with E-state index in [2.05, 4.69) is 13.8 Å². The van der Waals surface area contributed by atoms with Gasteiger partial charge in [0.2, 0.25) is 0 Å². The van der Waals surface area contributed by atoms with Crippen LogP contribution in [0, 0.1) is 13.8 Å². The standard InChI is InChI=1S/C25H28ClNO5S2/c1-5-27-24(28)22(34-25(27)33)15-18-13-20(26)23(21(14-18)29-4)32-11-9-30-8-10-31-19-7-6-16(2)17(3)12-19/h6-7,12-15H,5,8-11H2,1-4H3. The number of carbonyl (C=O) groups is 1. The number of ether oxygens (including phenoxy) is 4. The molecule has 0 aliphatic carbocycles. The summed E-state index contributed by atoms with van der Waals surface area (Å²) in [5, 5.41) is 0.384. The molecule has 0 radical (unpaired) electrons. The molecule has 0 aromatic heterocycles. The first-order chi connectivity index (χ1) is 16.3. The molecule has 34 heavy (non-hydrogen) atoms. The summed E-state index contributed by atoms with van der Waals surface area (Å²) in [6.07, 6.45) is 1.76. The number of aryl methyl sites for hydroxylation is 2. The minimum Gasteiger partial charge on any atom is -0.493 e. The van der Waals surface area contributed by atoms with Crippen LogP contribution >= 0.6 is 35.6 Å². The number of methoxy groups -OCH3 is 1. The van der Waals surface area contributed by atoms with E-state index in [1.807, 2.05) is 25.1 Å². The Kier molecular flexibility index (Phi) is 9.64. The van der Waals surface area contributed by atoms with E-state index in [9.17, 15) is 4.79 Å². The Bertz CT molecular complexity index is 1090. The van der Waals surface area contributed by atoms with Crippen molar-refractivity contribution in [3.05, 3.63) is 56.9 Å². The molecule has 0 unspecified atom stereocenters. The summed E-state index contributed by atoms with van der Waals surface area (Å²) in [6, 6.07) is 9.52. The third kappa shape index (κ3) is 6.66. The van der Waals surface area contributed by atoms with Gasteiger partial charge in [-0.25, -0.2) is 0 Å². The summed E-state index contributed by atoms with van der Waals surface area (Å²) in [5.41, 5.74) is 3.16. The van der Waals surface area contributed by atoms with E-state index in [-0.39, 0.29) is 5.91 Å². The van der Waals surface area contributed by atoms with Gasteiger partial charge in [0, 0.05) is 6.54 Å². The number of nitrogens with zero attached hydrogens (tertiary/aromatic N) is 1. The minimum absolute atomic E-state index is 0.105. The molecule has 1 aliphatic heterocycles. The van der Waals surface area contributed by atoms with Crippen LogP contribution in [0.3, 0.4) is 0 Å². The molecule has 3 rings (SSSR count). The zero-order valence-corrected chi connectivity index (χ0v) is 22.1. The normalized spacial score (nSPS) is 14.7. The molecule has 1 heterocycles. The topological polar surface area (TPSA) is 57.2 Å². The molecule has 0 spiro atoms. The lowest BCUT2D eigenvalue weighted by molar-refractivity contribution is -0.121. The van der Waals surface area contributed by atoms with Crippen LogP contribution in [0.25, 0.3) is 6.08 Å². The summed E-state index contributed by atoms with van der Waals surface area (Å²) < 4.78 is 23.1. The fourth-order valence-electron chi connectivity index (χ4n) is 3.21. The molecule has 1 fully saturated rings. The number of hydrogen-bond acceptors (Lipinski definition) is 7. The third-order valence-corrected chi connectivity index (χ3v) is 6.85. The molecule has 182 valence electrons. The van der Waals surface area contributed by atoms with E-state index in [0.717, 1.165) is 11.3 Å². The summed E-state index contributed by atoms with van der Waals surface area (Å²) in [5.74, 6) is 1.63. The van der Waals surface area contributed by atoms with Crippen LogP contribution in [0.2, 0.25) is 5.02 Å². The highest BCUT2D eigenvalue weighted by Crippen LogP contribution is 2.39. The highest BCUT2D eigenvalue weighted by atomic mass is 35.5. The fraction of sp³-hybridized carbons (Fsp3) is 0.360. The summed E-state index contributed by atoms with van der Waals surface area (Å²) in [6.45, 7) is 8.12. The number of benzene rings is 2. The number of likely N-dealkylation sites (N-methyl/N-ethyl adjacent to an activating group) is 1. The first-order valence-electron chi connectivity index (χ1n) is 10.9. The number of amides is 1. The maximum Gasteiger partial charge on any atom is 0.266 e. The van der Waals surface area contributed by atoms with E-state index >= 15 is 0 Å². The monoisotopic (exact) mass is 521 g/mol. The zero-order valence-electron chi connectivity index (χ0n) is 19.7. The second-order valence-corrected chi connectivity index (χ2v) is 9.60. The first kappa shape index (κ1) is 26.3. The second-order valence-electron chi connectivity index (χ2n) is 7.52. The van der Waals surface area contributed by atoms with E-state index < -0.39 is 0 Å². The van der Waals surface area contributed by atoms with Gasteiger partial charge in [0.15, 0.2) is 11.5 Å².